The van der Waals surface area contributed by atoms with Gasteiger partial charge in [0.15, 0.2) is 0 Å². The van der Waals surface area contributed by atoms with Crippen LogP contribution in [0.5, 0.6) is 0 Å². The van der Waals surface area contributed by atoms with Crippen molar-refractivity contribution in [3.05, 3.63) is 29.8 Å². The van der Waals surface area contributed by atoms with E-state index in [1.165, 1.54) is 56.6 Å². The van der Waals surface area contributed by atoms with Gasteiger partial charge in [0.05, 0.1) is 0 Å². The first-order chi connectivity index (χ1) is 9.81. The maximum absolute atomic E-state index is 6.26. The van der Waals surface area contributed by atoms with Crippen LogP contribution in [-0.4, -0.2) is 43.0 Å². The standard InChI is InChI=1S/C17H25ClN2/c18-16-6-4-9-19(14-16)12-8-15-5-3-7-17(13-15)20-10-1-2-11-20/h3,5,7,13,16H,1-2,4,6,8-12,14H2. The summed E-state index contributed by atoms with van der Waals surface area (Å²) in [5.74, 6) is 0. The van der Waals surface area contributed by atoms with Gasteiger partial charge in [-0.25, -0.2) is 0 Å². The number of anilines is 1. The van der Waals surface area contributed by atoms with E-state index in [2.05, 4.69) is 34.1 Å². The Morgan fingerprint density at radius 3 is 2.75 bits per heavy atom. The van der Waals surface area contributed by atoms with Crippen LogP contribution >= 0.6 is 11.6 Å². The second-order valence-corrected chi connectivity index (χ2v) is 6.77. The molecule has 3 rings (SSSR count). The van der Waals surface area contributed by atoms with E-state index in [9.17, 15) is 0 Å². The Kier molecular flexibility index (Phi) is 4.85. The smallest absolute Gasteiger partial charge is 0.0463 e. The zero-order valence-corrected chi connectivity index (χ0v) is 13.0. The summed E-state index contributed by atoms with van der Waals surface area (Å²) >= 11 is 6.26. The minimum Gasteiger partial charge on any atom is -0.372 e. The van der Waals surface area contributed by atoms with E-state index < -0.39 is 0 Å². The molecule has 1 atom stereocenters. The summed E-state index contributed by atoms with van der Waals surface area (Å²) in [6.07, 6.45) is 6.26. The highest BCUT2D eigenvalue weighted by molar-refractivity contribution is 6.20. The van der Waals surface area contributed by atoms with Crippen molar-refractivity contribution in [1.82, 2.24) is 4.90 Å². The molecule has 0 aliphatic carbocycles. The molecule has 2 nitrogen and oxygen atoms in total. The van der Waals surface area contributed by atoms with Gasteiger partial charge >= 0.3 is 0 Å². The molecule has 0 aromatic heterocycles. The number of hydrogen-bond donors (Lipinski definition) is 0. The molecule has 1 aromatic carbocycles. The second kappa shape index (κ2) is 6.82. The van der Waals surface area contributed by atoms with Gasteiger partial charge in [0, 0.05) is 37.2 Å². The molecule has 0 saturated carbocycles. The summed E-state index contributed by atoms with van der Waals surface area (Å²) in [5, 5.41) is 0.361. The molecule has 2 aliphatic rings. The van der Waals surface area contributed by atoms with Crippen LogP contribution in [0.15, 0.2) is 24.3 Å². The second-order valence-electron chi connectivity index (χ2n) is 6.15. The van der Waals surface area contributed by atoms with E-state index >= 15 is 0 Å². The van der Waals surface area contributed by atoms with Crippen molar-refractivity contribution in [2.45, 2.75) is 37.5 Å². The Morgan fingerprint density at radius 1 is 1.10 bits per heavy atom. The third kappa shape index (κ3) is 3.67. The van der Waals surface area contributed by atoms with Gasteiger partial charge in [-0.05, 0) is 56.3 Å². The lowest BCUT2D eigenvalue weighted by Crippen LogP contribution is -2.37. The zero-order chi connectivity index (χ0) is 13.8. The number of likely N-dealkylation sites (tertiary alicyclic amines) is 1. The fraction of sp³-hybridized carbons (Fsp3) is 0.647. The van der Waals surface area contributed by atoms with Crippen molar-refractivity contribution in [3.63, 3.8) is 0 Å². The lowest BCUT2D eigenvalue weighted by atomic mass is 10.1. The molecule has 0 spiro atoms. The SMILES string of the molecule is ClC1CCCN(CCc2cccc(N3CCCC3)c2)C1. The Bertz CT molecular complexity index is 429. The van der Waals surface area contributed by atoms with Crippen LogP contribution in [-0.2, 0) is 6.42 Å². The maximum Gasteiger partial charge on any atom is 0.0463 e. The van der Waals surface area contributed by atoms with Crippen molar-refractivity contribution in [2.75, 3.05) is 37.6 Å². The van der Waals surface area contributed by atoms with E-state index in [4.69, 9.17) is 11.6 Å². The van der Waals surface area contributed by atoms with Crippen LogP contribution in [0.2, 0.25) is 0 Å². The molecule has 2 saturated heterocycles. The third-order valence-electron chi connectivity index (χ3n) is 4.55. The minimum absolute atomic E-state index is 0.361. The average Bonchev–Trinajstić information content (AvgIpc) is 3.00. The molecule has 3 heteroatoms. The summed E-state index contributed by atoms with van der Waals surface area (Å²) in [4.78, 5) is 5.03. The highest BCUT2D eigenvalue weighted by Crippen LogP contribution is 2.22. The first-order valence-electron chi connectivity index (χ1n) is 8.01. The monoisotopic (exact) mass is 292 g/mol. The van der Waals surface area contributed by atoms with Crippen molar-refractivity contribution in [3.8, 4) is 0 Å². The van der Waals surface area contributed by atoms with Crippen LogP contribution < -0.4 is 4.90 Å². The van der Waals surface area contributed by atoms with Crippen molar-refractivity contribution < 1.29 is 0 Å². The lowest BCUT2D eigenvalue weighted by molar-refractivity contribution is 0.235. The number of rotatable bonds is 4. The van der Waals surface area contributed by atoms with E-state index in [1.807, 2.05) is 0 Å². The molecule has 1 aromatic rings. The number of hydrogen-bond acceptors (Lipinski definition) is 2. The van der Waals surface area contributed by atoms with Gasteiger partial charge < -0.3 is 9.80 Å². The molecule has 2 fully saturated rings. The number of benzene rings is 1. The Hall–Kier alpha value is -0.730. The fourth-order valence-electron chi connectivity index (χ4n) is 3.37. The van der Waals surface area contributed by atoms with Crippen molar-refractivity contribution in [1.29, 1.82) is 0 Å². The summed E-state index contributed by atoms with van der Waals surface area (Å²) in [7, 11) is 0. The molecule has 2 aliphatic heterocycles. The number of nitrogens with zero attached hydrogens (tertiary/aromatic N) is 2. The zero-order valence-electron chi connectivity index (χ0n) is 12.2. The molecule has 20 heavy (non-hydrogen) atoms. The van der Waals surface area contributed by atoms with E-state index in [0.717, 1.165) is 19.5 Å². The number of alkyl halides is 1. The molecule has 1 unspecified atom stereocenters. The van der Waals surface area contributed by atoms with Crippen LogP contribution in [0.25, 0.3) is 0 Å². The molecule has 0 radical (unpaired) electrons. The molecule has 0 amide bonds. The number of halogens is 1. The van der Waals surface area contributed by atoms with Crippen LogP contribution in [0, 0.1) is 0 Å². The summed E-state index contributed by atoms with van der Waals surface area (Å²) < 4.78 is 0. The summed E-state index contributed by atoms with van der Waals surface area (Å²) in [6.45, 7) is 5.88. The first-order valence-corrected chi connectivity index (χ1v) is 8.45. The predicted octanol–water partition coefficient (Wildman–Crippen LogP) is 3.53. The van der Waals surface area contributed by atoms with Gasteiger partial charge in [-0.2, -0.15) is 0 Å². The normalized spacial score (nSPS) is 24.2. The Labute approximate surface area is 127 Å². The van der Waals surface area contributed by atoms with Gasteiger partial charge in [-0.15, -0.1) is 11.6 Å². The Balaban J connectivity index is 1.55. The van der Waals surface area contributed by atoms with E-state index in [-0.39, 0.29) is 0 Å². The van der Waals surface area contributed by atoms with E-state index in [1.54, 1.807) is 0 Å². The highest BCUT2D eigenvalue weighted by atomic mass is 35.5. The lowest BCUT2D eigenvalue weighted by Gasteiger charge is -2.29. The van der Waals surface area contributed by atoms with Crippen LogP contribution in [0.1, 0.15) is 31.2 Å². The molecular formula is C17H25ClN2. The highest BCUT2D eigenvalue weighted by Gasteiger charge is 2.17. The summed E-state index contributed by atoms with van der Waals surface area (Å²) in [6, 6.07) is 9.11. The maximum atomic E-state index is 6.26. The minimum atomic E-state index is 0.361. The molecule has 110 valence electrons. The molecular weight excluding hydrogens is 268 g/mol. The van der Waals surface area contributed by atoms with Gasteiger partial charge in [0.25, 0.3) is 0 Å². The van der Waals surface area contributed by atoms with Crippen LogP contribution in [0.3, 0.4) is 0 Å². The van der Waals surface area contributed by atoms with E-state index in [0.29, 0.717) is 5.38 Å². The van der Waals surface area contributed by atoms with Gasteiger partial charge in [-0.3, -0.25) is 0 Å². The van der Waals surface area contributed by atoms with Crippen molar-refractivity contribution in [2.24, 2.45) is 0 Å². The first kappa shape index (κ1) is 14.2. The average molecular weight is 293 g/mol. The largest absolute Gasteiger partial charge is 0.372 e. The quantitative estimate of drug-likeness (QED) is 0.783. The van der Waals surface area contributed by atoms with Crippen molar-refractivity contribution >= 4 is 17.3 Å². The molecule has 0 bridgehead atoms. The van der Waals surface area contributed by atoms with Gasteiger partial charge in [-0.1, -0.05) is 12.1 Å². The predicted molar refractivity (Wildman–Crippen MR) is 86.9 cm³/mol. The molecule has 2 heterocycles. The third-order valence-corrected chi connectivity index (χ3v) is 4.90. The van der Waals surface area contributed by atoms with Gasteiger partial charge in [0.2, 0.25) is 0 Å². The molecule has 0 N–H and O–H groups in total. The van der Waals surface area contributed by atoms with Crippen LogP contribution in [0.4, 0.5) is 5.69 Å². The van der Waals surface area contributed by atoms with Gasteiger partial charge in [0.1, 0.15) is 0 Å². The fourth-order valence-corrected chi connectivity index (χ4v) is 3.72. The summed E-state index contributed by atoms with van der Waals surface area (Å²) in [5.41, 5.74) is 2.87. The topological polar surface area (TPSA) is 6.48 Å². The number of piperidine rings is 1. The Morgan fingerprint density at radius 2 is 1.95 bits per heavy atom.